The van der Waals surface area contributed by atoms with Crippen molar-refractivity contribution in [1.82, 2.24) is 0 Å². The Labute approximate surface area is 386 Å². The molecule has 1 aliphatic heterocycles. The van der Waals surface area contributed by atoms with Crippen LogP contribution in [0.5, 0.6) is 0 Å². The summed E-state index contributed by atoms with van der Waals surface area (Å²) in [6.07, 6.45) is 35.5. The van der Waals surface area contributed by atoms with Gasteiger partial charge in [0.1, 0.15) is 31.0 Å². The maximum absolute atomic E-state index is 12.7. The second-order valence-corrected chi connectivity index (χ2v) is 22.2. The molecule has 1 heterocycles. The Balaban J connectivity index is 0.986. The molecule has 0 radical (unpaired) electrons. The van der Waals surface area contributed by atoms with E-state index >= 15 is 0 Å². The molecule has 4 fully saturated rings. The first kappa shape index (κ1) is 52.5. The third-order valence-electron chi connectivity index (χ3n) is 17.8. The van der Waals surface area contributed by atoms with Crippen LogP contribution < -0.4 is 0 Å². The average Bonchev–Trinajstić information content (AvgIpc) is 3.63. The zero-order valence-electron chi connectivity index (χ0n) is 41.5. The van der Waals surface area contributed by atoms with Crippen molar-refractivity contribution < 1.29 is 34.3 Å². The van der Waals surface area contributed by atoms with Crippen LogP contribution in [0.25, 0.3) is 0 Å². The molecule has 0 bridgehead atoms. The van der Waals surface area contributed by atoms with Gasteiger partial charge in [0, 0.05) is 6.42 Å². The average molecular weight is 881 g/mol. The first-order valence-corrected chi connectivity index (χ1v) is 26.8. The molecular weight excluding hydrogens is 785 g/mol. The summed E-state index contributed by atoms with van der Waals surface area (Å²) in [4.78, 5) is 12.7. The SMILES string of the molecule is CCCCCC/C=C\C/C=C\CCCCCCCCCC(=O)OCC1OC(OC2CCC3(C)C(=CCC4C3CCC3(C)C(C(C)CCC(CC)C(C)C)CCC43)C2)C(O)C(O)C1O. The van der Waals surface area contributed by atoms with Crippen LogP contribution in [0.2, 0.25) is 0 Å². The van der Waals surface area contributed by atoms with Gasteiger partial charge in [-0.2, -0.15) is 0 Å². The van der Waals surface area contributed by atoms with Crippen LogP contribution in [-0.2, 0) is 19.0 Å². The Morgan fingerprint density at radius 2 is 1.48 bits per heavy atom. The Morgan fingerprint density at radius 3 is 2.16 bits per heavy atom. The lowest BCUT2D eigenvalue weighted by atomic mass is 9.47. The van der Waals surface area contributed by atoms with Crippen molar-refractivity contribution in [3.63, 3.8) is 0 Å². The highest BCUT2D eigenvalue weighted by Crippen LogP contribution is 2.67. The number of aliphatic hydroxyl groups is 3. The predicted molar refractivity (Wildman–Crippen MR) is 258 cm³/mol. The lowest BCUT2D eigenvalue weighted by Gasteiger charge is -2.58. The number of carbonyl (C=O) groups excluding carboxylic acids is 1. The fourth-order valence-electron chi connectivity index (χ4n) is 13.6. The molecule has 1 saturated heterocycles. The van der Waals surface area contributed by atoms with E-state index in [1.54, 1.807) is 0 Å². The Hall–Kier alpha value is -1.51. The van der Waals surface area contributed by atoms with Crippen LogP contribution >= 0.6 is 0 Å². The van der Waals surface area contributed by atoms with E-state index in [0.717, 1.165) is 93.3 Å². The molecule has 7 nitrogen and oxygen atoms in total. The molecular formula is C56H96O7. The van der Waals surface area contributed by atoms with E-state index in [0.29, 0.717) is 17.8 Å². The quantitative estimate of drug-likeness (QED) is 0.0429. The molecule has 4 aliphatic carbocycles. The van der Waals surface area contributed by atoms with E-state index in [4.69, 9.17) is 14.2 Å². The Morgan fingerprint density at radius 1 is 0.794 bits per heavy atom. The molecule has 3 N–H and O–H groups in total. The van der Waals surface area contributed by atoms with Gasteiger partial charge in [-0.3, -0.25) is 4.79 Å². The fourth-order valence-corrected chi connectivity index (χ4v) is 13.6. The number of carbonyl (C=O) groups is 1. The second-order valence-electron chi connectivity index (χ2n) is 22.2. The fraction of sp³-hybridized carbons (Fsp3) is 0.875. The minimum atomic E-state index is -1.45. The highest BCUT2D eigenvalue weighted by Gasteiger charge is 2.59. The first-order valence-electron chi connectivity index (χ1n) is 26.8. The van der Waals surface area contributed by atoms with Crippen molar-refractivity contribution in [2.45, 2.75) is 252 Å². The third kappa shape index (κ3) is 14.3. The third-order valence-corrected chi connectivity index (χ3v) is 17.8. The molecule has 0 spiro atoms. The van der Waals surface area contributed by atoms with E-state index in [-0.39, 0.29) is 24.1 Å². The number of esters is 1. The van der Waals surface area contributed by atoms with Gasteiger partial charge < -0.3 is 29.5 Å². The van der Waals surface area contributed by atoms with Gasteiger partial charge in [0.2, 0.25) is 0 Å². The Bertz CT molecular complexity index is 1420. The smallest absolute Gasteiger partial charge is 0.305 e. The van der Waals surface area contributed by atoms with Crippen molar-refractivity contribution in [1.29, 1.82) is 0 Å². The molecule has 0 aromatic rings. The summed E-state index contributed by atoms with van der Waals surface area (Å²) >= 11 is 0. The van der Waals surface area contributed by atoms with Gasteiger partial charge in [-0.05, 0) is 149 Å². The topological polar surface area (TPSA) is 105 Å². The number of allylic oxidation sites excluding steroid dienone is 5. The largest absolute Gasteiger partial charge is 0.463 e. The summed E-state index contributed by atoms with van der Waals surface area (Å²) < 4.78 is 18.1. The highest BCUT2D eigenvalue weighted by molar-refractivity contribution is 5.69. The molecule has 3 saturated carbocycles. The van der Waals surface area contributed by atoms with Gasteiger partial charge in [-0.15, -0.1) is 0 Å². The summed E-state index contributed by atoms with van der Waals surface area (Å²) in [6.45, 7) is 17.0. The van der Waals surface area contributed by atoms with E-state index in [1.165, 1.54) is 108 Å². The summed E-state index contributed by atoms with van der Waals surface area (Å²) in [6, 6.07) is 0. The van der Waals surface area contributed by atoms with Gasteiger partial charge in [0.15, 0.2) is 6.29 Å². The van der Waals surface area contributed by atoms with E-state index in [1.807, 2.05) is 0 Å². The van der Waals surface area contributed by atoms with E-state index in [9.17, 15) is 20.1 Å². The lowest BCUT2D eigenvalue weighted by Crippen LogP contribution is -2.60. The standard InChI is InChI=1S/C56H96O7/c1-8-10-11-12-13-14-15-16-17-18-19-20-21-22-23-24-25-26-27-50(57)61-39-49-51(58)52(59)53(60)54(63-49)62-44-34-36-55(6)43(38-44)30-31-45-47-33-32-46(56(47,7)37-35-48(45)55)41(5)28-29-42(9-2)40(3)4/h14-15,17-18,30,40-42,44-49,51-54,58-60H,8-13,16,19-29,31-39H2,1-7H3/b15-14-,18-17-. The monoisotopic (exact) mass is 881 g/mol. The summed E-state index contributed by atoms with van der Waals surface area (Å²) in [7, 11) is 0. The summed E-state index contributed by atoms with van der Waals surface area (Å²) in [5.74, 6) is 5.21. The molecule has 14 atom stereocenters. The highest BCUT2D eigenvalue weighted by atomic mass is 16.7. The summed E-state index contributed by atoms with van der Waals surface area (Å²) in [5, 5.41) is 32.6. The van der Waals surface area contributed by atoms with Crippen molar-refractivity contribution in [2.75, 3.05) is 6.61 Å². The Kier molecular flexibility index (Phi) is 21.8. The number of ether oxygens (including phenoxy) is 3. The van der Waals surface area contributed by atoms with Gasteiger partial charge in [0.25, 0.3) is 0 Å². The first-order chi connectivity index (χ1) is 30.3. The van der Waals surface area contributed by atoms with Crippen LogP contribution in [0.4, 0.5) is 0 Å². The normalized spacial score (nSPS) is 35.4. The van der Waals surface area contributed by atoms with Crippen molar-refractivity contribution >= 4 is 5.97 Å². The zero-order chi connectivity index (χ0) is 45.4. The van der Waals surface area contributed by atoms with Crippen LogP contribution in [0.3, 0.4) is 0 Å². The number of fused-ring (bicyclic) bond motifs is 5. The summed E-state index contributed by atoms with van der Waals surface area (Å²) in [5.41, 5.74) is 2.12. The number of unbranched alkanes of at least 4 members (excludes halogenated alkanes) is 11. The van der Waals surface area contributed by atoms with Crippen LogP contribution in [0.1, 0.15) is 215 Å². The molecule has 5 aliphatic rings. The number of hydrogen-bond donors (Lipinski definition) is 3. The molecule has 14 unspecified atom stereocenters. The number of hydrogen-bond acceptors (Lipinski definition) is 7. The lowest BCUT2D eigenvalue weighted by molar-refractivity contribution is -0.313. The van der Waals surface area contributed by atoms with E-state index < -0.39 is 30.7 Å². The van der Waals surface area contributed by atoms with Crippen molar-refractivity contribution in [3.05, 3.63) is 36.0 Å². The molecule has 0 aromatic heterocycles. The number of aliphatic hydroxyl groups excluding tert-OH is 3. The molecule has 0 aromatic carbocycles. The maximum Gasteiger partial charge on any atom is 0.305 e. The molecule has 5 rings (SSSR count). The molecule has 7 heteroatoms. The molecule has 63 heavy (non-hydrogen) atoms. The van der Waals surface area contributed by atoms with Gasteiger partial charge >= 0.3 is 5.97 Å². The van der Waals surface area contributed by atoms with E-state index in [2.05, 4.69) is 78.8 Å². The van der Waals surface area contributed by atoms with Crippen LogP contribution in [0.15, 0.2) is 36.0 Å². The number of rotatable bonds is 27. The minimum Gasteiger partial charge on any atom is -0.463 e. The van der Waals surface area contributed by atoms with Crippen molar-refractivity contribution in [2.24, 2.45) is 52.3 Å². The minimum absolute atomic E-state index is 0.145. The zero-order valence-corrected chi connectivity index (χ0v) is 41.5. The van der Waals surface area contributed by atoms with Crippen molar-refractivity contribution in [3.8, 4) is 0 Å². The second kappa shape index (κ2) is 26.1. The predicted octanol–water partition coefficient (Wildman–Crippen LogP) is 13.4. The van der Waals surface area contributed by atoms with Gasteiger partial charge in [-0.1, -0.05) is 149 Å². The van der Waals surface area contributed by atoms with Gasteiger partial charge in [-0.25, -0.2) is 0 Å². The maximum atomic E-state index is 12.7. The van der Waals surface area contributed by atoms with Crippen LogP contribution in [0, 0.1) is 52.3 Å². The molecule has 362 valence electrons. The van der Waals surface area contributed by atoms with Crippen LogP contribution in [-0.4, -0.2) is 64.7 Å². The molecule has 0 amide bonds. The van der Waals surface area contributed by atoms with Gasteiger partial charge in [0.05, 0.1) is 6.10 Å².